The van der Waals surface area contributed by atoms with Crippen molar-refractivity contribution in [3.8, 4) is 0 Å². The van der Waals surface area contributed by atoms with Gasteiger partial charge in [0.15, 0.2) is 0 Å². The first kappa shape index (κ1) is 6.70. The molecule has 1 aromatic heterocycles. The average Bonchev–Trinajstić information content (AvgIpc) is 2.29. The predicted octanol–water partition coefficient (Wildman–Crippen LogP) is 2.19. The monoisotopic (exact) mass is 162 g/mol. The molecule has 0 aliphatic heterocycles. The highest BCUT2D eigenvalue weighted by Crippen LogP contribution is 2.57. The van der Waals surface area contributed by atoms with E-state index in [0.29, 0.717) is 5.41 Å². The molecular formula is C10H14N2. The van der Waals surface area contributed by atoms with Crippen LogP contribution < -0.4 is 0 Å². The van der Waals surface area contributed by atoms with Crippen LogP contribution in [-0.4, -0.2) is 10.2 Å². The first-order valence-corrected chi connectivity index (χ1v) is 4.73. The fourth-order valence-corrected chi connectivity index (χ4v) is 2.78. The van der Waals surface area contributed by atoms with Crippen molar-refractivity contribution < 1.29 is 0 Å². The summed E-state index contributed by atoms with van der Waals surface area (Å²) < 4.78 is 0. The van der Waals surface area contributed by atoms with Crippen molar-refractivity contribution in [2.75, 3.05) is 0 Å². The van der Waals surface area contributed by atoms with Gasteiger partial charge in [-0.05, 0) is 29.7 Å². The lowest BCUT2D eigenvalue weighted by Crippen LogP contribution is -2.43. The second-order valence-corrected chi connectivity index (χ2v) is 4.78. The zero-order chi connectivity index (χ0) is 8.34. The summed E-state index contributed by atoms with van der Waals surface area (Å²) >= 11 is 0. The van der Waals surface area contributed by atoms with Gasteiger partial charge in [0.05, 0.1) is 6.20 Å². The van der Waals surface area contributed by atoms with Crippen molar-refractivity contribution in [3.05, 3.63) is 17.5 Å². The van der Waals surface area contributed by atoms with Crippen molar-refractivity contribution in [2.24, 2.45) is 5.92 Å². The molecule has 3 aliphatic carbocycles. The Bertz CT molecular complexity index is 318. The van der Waals surface area contributed by atoms with E-state index >= 15 is 0 Å². The van der Waals surface area contributed by atoms with Crippen LogP contribution in [0.2, 0.25) is 0 Å². The molecule has 0 aromatic carbocycles. The van der Waals surface area contributed by atoms with Gasteiger partial charge in [0, 0.05) is 11.6 Å². The first-order valence-electron chi connectivity index (χ1n) is 4.73. The van der Waals surface area contributed by atoms with Crippen LogP contribution in [0.15, 0.2) is 6.20 Å². The molecule has 0 unspecified atom stereocenters. The Morgan fingerprint density at radius 1 is 1.50 bits per heavy atom. The molecule has 1 fully saturated rings. The summed E-state index contributed by atoms with van der Waals surface area (Å²) in [7, 11) is 0. The van der Waals surface area contributed by atoms with Gasteiger partial charge in [0.25, 0.3) is 0 Å². The number of hydrogen-bond acceptors (Lipinski definition) is 1. The Labute approximate surface area is 72.4 Å². The van der Waals surface area contributed by atoms with Gasteiger partial charge in [0.1, 0.15) is 0 Å². The molecule has 4 rings (SSSR count). The SMILES string of the molecule is CC1(C)c2cn[nH]c2C2CC1C2. The maximum Gasteiger partial charge on any atom is 0.0527 e. The van der Waals surface area contributed by atoms with Crippen LogP contribution in [0.4, 0.5) is 0 Å². The maximum atomic E-state index is 4.15. The molecule has 2 heteroatoms. The number of nitrogens with zero attached hydrogens (tertiary/aromatic N) is 1. The lowest BCUT2D eigenvalue weighted by molar-refractivity contribution is 0.132. The number of nitrogens with one attached hydrogen (secondary N) is 1. The predicted molar refractivity (Wildman–Crippen MR) is 47.1 cm³/mol. The minimum Gasteiger partial charge on any atom is -0.282 e. The van der Waals surface area contributed by atoms with Gasteiger partial charge >= 0.3 is 0 Å². The molecule has 3 aliphatic rings. The highest BCUT2D eigenvalue weighted by atomic mass is 15.1. The first-order chi connectivity index (χ1) is 5.69. The number of aromatic amines is 1. The third-order valence-electron chi connectivity index (χ3n) is 3.93. The van der Waals surface area contributed by atoms with Crippen LogP contribution in [0.5, 0.6) is 0 Å². The van der Waals surface area contributed by atoms with E-state index in [2.05, 4.69) is 24.0 Å². The molecule has 2 bridgehead atoms. The molecule has 1 N–H and O–H groups in total. The molecule has 64 valence electrons. The molecule has 0 atom stereocenters. The summed E-state index contributed by atoms with van der Waals surface area (Å²) in [6.45, 7) is 4.70. The lowest BCUT2D eigenvalue weighted by atomic mass is 9.53. The Balaban J connectivity index is 2.23. The van der Waals surface area contributed by atoms with E-state index < -0.39 is 0 Å². The normalized spacial score (nSPS) is 35.5. The molecule has 1 saturated carbocycles. The topological polar surface area (TPSA) is 28.7 Å². The van der Waals surface area contributed by atoms with Gasteiger partial charge < -0.3 is 0 Å². The molecule has 1 aromatic rings. The van der Waals surface area contributed by atoms with Gasteiger partial charge in [0.2, 0.25) is 0 Å². The van der Waals surface area contributed by atoms with E-state index in [1.54, 1.807) is 0 Å². The molecular weight excluding hydrogens is 148 g/mol. The van der Waals surface area contributed by atoms with Crippen LogP contribution in [-0.2, 0) is 5.41 Å². The van der Waals surface area contributed by atoms with Gasteiger partial charge in [-0.15, -0.1) is 0 Å². The molecule has 12 heavy (non-hydrogen) atoms. The molecule has 1 heterocycles. The number of aromatic nitrogens is 2. The Hall–Kier alpha value is -0.790. The van der Waals surface area contributed by atoms with Gasteiger partial charge in [-0.1, -0.05) is 13.8 Å². The molecule has 0 spiro atoms. The summed E-state index contributed by atoms with van der Waals surface area (Å²) in [4.78, 5) is 0. The van der Waals surface area contributed by atoms with Crippen molar-refractivity contribution in [1.29, 1.82) is 0 Å². The van der Waals surface area contributed by atoms with Crippen molar-refractivity contribution in [1.82, 2.24) is 10.2 Å². The largest absolute Gasteiger partial charge is 0.282 e. The zero-order valence-corrected chi connectivity index (χ0v) is 7.59. The summed E-state index contributed by atoms with van der Waals surface area (Å²) in [6.07, 6.45) is 4.78. The van der Waals surface area contributed by atoms with Gasteiger partial charge in [-0.3, -0.25) is 5.10 Å². The van der Waals surface area contributed by atoms with Crippen molar-refractivity contribution >= 4 is 0 Å². The standard InChI is InChI=1S/C10H14N2/c1-10(2)7-3-6(4-7)9-8(10)5-11-12-9/h5-7H,3-4H2,1-2H3,(H,11,12). The third kappa shape index (κ3) is 0.563. The summed E-state index contributed by atoms with van der Waals surface area (Å²) in [6, 6.07) is 0. The summed E-state index contributed by atoms with van der Waals surface area (Å²) in [5, 5.41) is 7.30. The highest BCUT2D eigenvalue weighted by molar-refractivity contribution is 5.37. The Morgan fingerprint density at radius 3 is 2.92 bits per heavy atom. The maximum absolute atomic E-state index is 4.15. The van der Waals surface area contributed by atoms with E-state index in [4.69, 9.17) is 0 Å². The van der Waals surface area contributed by atoms with Gasteiger partial charge in [-0.2, -0.15) is 5.10 Å². The second-order valence-electron chi connectivity index (χ2n) is 4.78. The van der Waals surface area contributed by atoms with E-state index in [1.165, 1.54) is 24.1 Å². The quantitative estimate of drug-likeness (QED) is 0.622. The van der Waals surface area contributed by atoms with Crippen LogP contribution >= 0.6 is 0 Å². The van der Waals surface area contributed by atoms with E-state index in [0.717, 1.165) is 11.8 Å². The number of H-pyrrole nitrogens is 1. The van der Waals surface area contributed by atoms with Gasteiger partial charge in [-0.25, -0.2) is 0 Å². The van der Waals surface area contributed by atoms with Crippen LogP contribution in [0.3, 0.4) is 0 Å². The van der Waals surface area contributed by atoms with Crippen LogP contribution in [0.25, 0.3) is 0 Å². The van der Waals surface area contributed by atoms with E-state index in [1.807, 2.05) is 6.20 Å². The van der Waals surface area contributed by atoms with Crippen molar-refractivity contribution in [2.45, 2.75) is 38.0 Å². The third-order valence-corrected chi connectivity index (χ3v) is 3.93. The van der Waals surface area contributed by atoms with Crippen LogP contribution in [0, 0.1) is 5.92 Å². The molecule has 0 amide bonds. The summed E-state index contributed by atoms with van der Waals surface area (Å²) in [5.41, 5.74) is 3.26. The Morgan fingerprint density at radius 2 is 2.25 bits per heavy atom. The fraction of sp³-hybridized carbons (Fsp3) is 0.700. The summed E-state index contributed by atoms with van der Waals surface area (Å²) in [5.74, 6) is 1.72. The molecule has 2 nitrogen and oxygen atoms in total. The highest BCUT2D eigenvalue weighted by Gasteiger charge is 2.49. The lowest BCUT2D eigenvalue weighted by Gasteiger charge is -2.51. The molecule has 0 saturated heterocycles. The minimum absolute atomic E-state index is 0.372. The smallest absolute Gasteiger partial charge is 0.0527 e. The molecule has 0 radical (unpaired) electrons. The van der Waals surface area contributed by atoms with Crippen LogP contribution in [0.1, 0.15) is 43.9 Å². The van der Waals surface area contributed by atoms with E-state index in [-0.39, 0.29) is 0 Å². The second kappa shape index (κ2) is 1.76. The minimum atomic E-state index is 0.372. The fourth-order valence-electron chi connectivity index (χ4n) is 2.78. The number of rotatable bonds is 0. The Kier molecular flexibility index (Phi) is 0.980. The van der Waals surface area contributed by atoms with E-state index in [9.17, 15) is 0 Å². The average molecular weight is 162 g/mol. The van der Waals surface area contributed by atoms with Crippen molar-refractivity contribution in [3.63, 3.8) is 0 Å². The zero-order valence-electron chi connectivity index (χ0n) is 7.59. The number of hydrogen-bond donors (Lipinski definition) is 1.